The molecule has 0 fully saturated rings. The maximum atomic E-state index is 12.0. The average Bonchev–Trinajstić information content (AvgIpc) is 2.53. The summed E-state index contributed by atoms with van der Waals surface area (Å²) in [6.07, 6.45) is 7.76. The largest absolute Gasteiger partial charge is 0.349 e. The van der Waals surface area contributed by atoms with Crippen molar-refractivity contribution in [2.75, 3.05) is 13.1 Å². The maximum Gasteiger partial charge on any atom is 0.223 e. The number of amides is 1. The predicted octanol–water partition coefficient (Wildman–Crippen LogP) is 2.16. The van der Waals surface area contributed by atoms with E-state index in [1.54, 1.807) is 12.4 Å². The normalized spacial score (nSPS) is 17.2. The van der Waals surface area contributed by atoms with Crippen molar-refractivity contribution in [1.29, 1.82) is 0 Å². The number of rotatable bonds is 6. The summed E-state index contributed by atoms with van der Waals surface area (Å²) in [6, 6.07) is 1.97. The highest BCUT2D eigenvalue weighted by molar-refractivity contribution is 5.78. The Kier molecular flexibility index (Phi) is 6.07. The van der Waals surface area contributed by atoms with E-state index in [4.69, 9.17) is 0 Å². The molecule has 0 aromatic carbocycles. The number of nitrogens with zero attached hydrogens (tertiary/aromatic N) is 3. The highest BCUT2D eigenvalue weighted by Crippen LogP contribution is 2.17. The fraction of sp³-hybridized carbons (Fsp3) is 0.588. The van der Waals surface area contributed by atoms with Gasteiger partial charge in [-0.05, 0) is 24.5 Å². The SMILES string of the molecule is CCC(NC(=O)C(C)C)C1=CCCN(Cc2ncccn2)C1. The van der Waals surface area contributed by atoms with E-state index in [0.717, 1.165) is 38.3 Å². The Hall–Kier alpha value is -1.75. The minimum absolute atomic E-state index is 0.0204. The van der Waals surface area contributed by atoms with Crippen LogP contribution in [-0.4, -0.2) is 39.9 Å². The Morgan fingerprint density at radius 1 is 1.36 bits per heavy atom. The second kappa shape index (κ2) is 8.03. The van der Waals surface area contributed by atoms with E-state index in [2.05, 4.69) is 33.2 Å². The van der Waals surface area contributed by atoms with Gasteiger partial charge in [0.2, 0.25) is 5.91 Å². The van der Waals surface area contributed by atoms with E-state index in [1.807, 2.05) is 19.9 Å². The lowest BCUT2D eigenvalue weighted by atomic mass is 9.99. The number of carbonyl (C=O) groups is 1. The van der Waals surface area contributed by atoms with Crippen LogP contribution in [0.4, 0.5) is 0 Å². The molecule has 1 unspecified atom stereocenters. The summed E-state index contributed by atoms with van der Waals surface area (Å²) in [4.78, 5) is 22.9. The van der Waals surface area contributed by atoms with Crippen molar-refractivity contribution < 1.29 is 4.79 Å². The molecule has 0 radical (unpaired) electrons. The fourth-order valence-electron chi connectivity index (χ4n) is 2.63. The first-order valence-corrected chi connectivity index (χ1v) is 8.07. The summed E-state index contributed by atoms with van der Waals surface area (Å²) in [5.41, 5.74) is 1.30. The quantitative estimate of drug-likeness (QED) is 0.818. The first-order chi connectivity index (χ1) is 10.6. The molecule has 5 nitrogen and oxygen atoms in total. The standard InChI is InChI=1S/C17H26N4O/c1-4-15(20-17(22)13(2)3)14-7-5-10-21(11-14)12-16-18-8-6-9-19-16/h6-9,13,15H,4-5,10-12H2,1-3H3,(H,20,22). The summed E-state index contributed by atoms with van der Waals surface area (Å²) in [7, 11) is 0. The Balaban J connectivity index is 1.96. The molecule has 0 saturated heterocycles. The molecule has 1 aromatic heterocycles. The van der Waals surface area contributed by atoms with Gasteiger partial charge in [0.15, 0.2) is 0 Å². The van der Waals surface area contributed by atoms with Gasteiger partial charge in [-0.1, -0.05) is 26.8 Å². The summed E-state index contributed by atoms with van der Waals surface area (Å²) in [5, 5.41) is 3.16. The third-order valence-electron chi connectivity index (χ3n) is 3.94. The molecule has 120 valence electrons. The van der Waals surface area contributed by atoms with Crippen molar-refractivity contribution in [3.63, 3.8) is 0 Å². The lowest BCUT2D eigenvalue weighted by Gasteiger charge is -2.31. The van der Waals surface area contributed by atoms with Crippen LogP contribution in [-0.2, 0) is 11.3 Å². The topological polar surface area (TPSA) is 58.1 Å². The van der Waals surface area contributed by atoms with E-state index in [1.165, 1.54) is 5.57 Å². The number of carbonyl (C=O) groups excluding carboxylic acids is 1. The van der Waals surface area contributed by atoms with Gasteiger partial charge < -0.3 is 5.32 Å². The molecule has 0 aliphatic carbocycles. The van der Waals surface area contributed by atoms with Crippen LogP contribution in [0.5, 0.6) is 0 Å². The third-order valence-corrected chi connectivity index (χ3v) is 3.94. The summed E-state index contributed by atoms with van der Waals surface area (Å²) in [6.45, 7) is 8.61. The Labute approximate surface area is 132 Å². The monoisotopic (exact) mass is 302 g/mol. The first-order valence-electron chi connectivity index (χ1n) is 8.07. The van der Waals surface area contributed by atoms with Gasteiger partial charge >= 0.3 is 0 Å². The molecule has 1 aliphatic heterocycles. The lowest BCUT2D eigenvalue weighted by Crippen LogP contribution is -2.42. The van der Waals surface area contributed by atoms with Crippen molar-refractivity contribution in [1.82, 2.24) is 20.2 Å². The second-order valence-corrected chi connectivity index (χ2v) is 6.07. The van der Waals surface area contributed by atoms with Crippen molar-refractivity contribution in [3.05, 3.63) is 35.9 Å². The minimum Gasteiger partial charge on any atom is -0.349 e. The Morgan fingerprint density at radius 3 is 2.73 bits per heavy atom. The van der Waals surface area contributed by atoms with Crippen LogP contribution in [0.3, 0.4) is 0 Å². The van der Waals surface area contributed by atoms with E-state index in [0.29, 0.717) is 0 Å². The molecule has 22 heavy (non-hydrogen) atoms. The van der Waals surface area contributed by atoms with E-state index in [9.17, 15) is 4.79 Å². The van der Waals surface area contributed by atoms with Crippen LogP contribution in [0.15, 0.2) is 30.1 Å². The van der Waals surface area contributed by atoms with Crippen LogP contribution >= 0.6 is 0 Å². The summed E-state index contributed by atoms with van der Waals surface area (Å²) in [5.74, 6) is 0.992. The van der Waals surface area contributed by atoms with Gasteiger partial charge in [0.25, 0.3) is 0 Å². The smallest absolute Gasteiger partial charge is 0.223 e. The van der Waals surface area contributed by atoms with Crippen molar-refractivity contribution in [2.45, 2.75) is 46.2 Å². The zero-order valence-electron chi connectivity index (χ0n) is 13.7. The van der Waals surface area contributed by atoms with Gasteiger partial charge in [-0.15, -0.1) is 0 Å². The van der Waals surface area contributed by atoms with E-state index >= 15 is 0 Å². The molecular formula is C17H26N4O. The van der Waals surface area contributed by atoms with Gasteiger partial charge in [0.05, 0.1) is 12.6 Å². The minimum atomic E-state index is 0.0204. The predicted molar refractivity (Wildman–Crippen MR) is 87.1 cm³/mol. The number of hydrogen-bond donors (Lipinski definition) is 1. The summed E-state index contributed by atoms with van der Waals surface area (Å²) >= 11 is 0. The fourth-order valence-corrected chi connectivity index (χ4v) is 2.63. The Morgan fingerprint density at radius 2 is 2.09 bits per heavy atom. The molecule has 5 heteroatoms. The van der Waals surface area contributed by atoms with Crippen molar-refractivity contribution in [2.24, 2.45) is 5.92 Å². The van der Waals surface area contributed by atoms with Gasteiger partial charge in [0.1, 0.15) is 5.82 Å². The lowest BCUT2D eigenvalue weighted by molar-refractivity contribution is -0.124. The van der Waals surface area contributed by atoms with Crippen LogP contribution < -0.4 is 5.32 Å². The Bertz CT molecular complexity index is 513. The summed E-state index contributed by atoms with van der Waals surface area (Å²) < 4.78 is 0. The number of aromatic nitrogens is 2. The number of hydrogen-bond acceptors (Lipinski definition) is 4. The van der Waals surface area contributed by atoms with Crippen molar-refractivity contribution in [3.8, 4) is 0 Å². The van der Waals surface area contributed by atoms with E-state index in [-0.39, 0.29) is 17.9 Å². The maximum absolute atomic E-state index is 12.0. The highest BCUT2D eigenvalue weighted by atomic mass is 16.1. The molecule has 1 atom stereocenters. The van der Waals surface area contributed by atoms with Crippen LogP contribution in [0.25, 0.3) is 0 Å². The van der Waals surface area contributed by atoms with Gasteiger partial charge in [-0.2, -0.15) is 0 Å². The molecule has 0 bridgehead atoms. The van der Waals surface area contributed by atoms with E-state index < -0.39 is 0 Å². The van der Waals surface area contributed by atoms with Crippen LogP contribution in [0.1, 0.15) is 39.4 Å². The second-order valence-electron chi connectivity index (χ2n) is 6.07. The van der Waals surface area contributed by atoms with Gasteiger partial charge in [-0.25, -0.2) is 9.97 Å². The van der Waals surface area contributed by atoms with Gasteiger partial charge in [-0.3, -0.25) is 9.69 Å². The molecule has 2 rings (SSSR count). The molecular weight excluding hydrogens is 276 g/mol. The van der Waals surface area contributed by atoms with Crippen LogP contribution in [0, 0.1) is 5.92 Å². The average molecular weight is 302 g/mol. The highest BCUT2D eigenvalue weighted by Gasteiger charge is 2.22. The van der Waals surface area contributed by atoms with Gasteiger partial charge in [0, 0.05) is 31.4 Å². The van der Waals surface area contributed by atoms with Crippen LogP contribution in [0.2, 0.25) is 0 Å². The molecule has 1 amide bonds. The molecule has 1 aliphatic rings. The first kappa shape index (κ1) is 16.6. The zero-order valence-corrected chi connectivity index (χ0v) is 13.7. The molecule has 1 aromatic rings. The number of nitrogens with one attached hydrogen (secondary N) is 1. The van der Waals surface area contributed by atoms with Crippen molar-refractivity contribution >= 4 is 5.91 Å². The third kappa shape index (κ3) is 4.63. The molecule has 0 saturated carbocycles. The zero-order chi connectivity index (χ0) is 15.9. The molecule has 1 N–H and O–H groups in total. The molecule has 2 heterocycles. The molecule has 0 spiro atoms.